The third-order valence-electron chi connectivity index (χ3n) is 1.95. The summed E-state index contributed by atoms with van der Waals surface area (Å²) in [6, 6.07) is 0. The maximum atomic E-state index is 11.3. The SMILES string of the molecule is CC(C)(O)C1=NC(C)(C)C(=O)C1=O. The Morgan fingerprint density at radius 1 is 1.31 bits per heavy atom. The molecule has 0 radical (unpaired) electrons. The molecule has 0 unspecified atom stereocenters. The molecule has 1 aliphatic heterocycles. The maximum absolute atomic E-state index is 11.3. The topological polar surface area (TPSA) is 66.7 Å². The Kier molecular flexibility index (Phi) is 1.92. The lowest BCUT2D eigenvalue weighted by molar-refractivity contribution is -0.134. The minimum Gasteiger partial charge on any atom is -0.384 e. The lowest BCUT2D eigenvalue weighted by atomic mass is 9.95. The van der Waals surface area contributed by atoms with Gasteiger partial charge in [-0.3, -0.25) is 14.6 Å². The van der Waals surface area contributed by atoms with E-state index in [2.05, 4.69) is 4.99 Å². The van der Waals surface area contributed by atoms with Crippen molar-refractivity contribution in [3.05, 3.63) is 0 Å². The summed E-state index contributed by atoms with van der Waals surface area (Å²) in [7, 11) is 0. The Hall–Kier alpha value is -1.03. The van der Waals surface area contributed by atoms with Gasteiger partial charge in [-0.1, -0.05) is 0 Å². The summed E-state index contributed by atoms with van der Waals surface area (Å²) < 4.78 is 0. The van der Waals surface area contributed by atoms with Crippen molar-refractivity contribution in [3.63, 3.8) is 0 Å². The van der Waals surface area contributed by atoms with Crippen LogP contribution in [-0.2, 0) is 9.59 Å². The number of hydrogen-bond acceptors (Lipinski definition) is 4. The van der Waals surface area contributed by atoms with Crippen molar-refractivity contribution in [2.24, 2.45) is 4.99 Å². The lowest BCUT2D eigenvalue weighted by Crippen LogP contribution is -2.38. The summed E-state index contributed by atoms with van der Waals surface area (Å²) in [5.74, 6) is -1.22. The molecule has 72 valence electrons. The van der Waals surface area contributed by atoms with Crippen molar-refractivity contribution in [2.75, 3.05) is 0 Å². The number of nitrogens with zero attached hydrogens (tertiary/aromatic N) is 1. The van der Waals surface area contributed by atoms with Gasteiger partial charge in [0.1, 0.15) is 16.9 Å². The van der Waals surface area contributed by atoms with Crippen LogP contribution < -0.4 is 0 Å². The molecule has 0 atom stereocenters. The maximum Gasteiger partial charge on any atom is 0.247 e. The summed E-state index contributed by atoms with van der Waals surface area (Å²) in [6.45, 7) is 6.01. The van der Waals surface area contributed by atoms with E-state index in [1.807, 2.05) is 0 Å². The Balaban J connectivity index is 3.17. The minimum atomic E-state index is -1.33. The highest BCUT2D eigenvalue weighted by Gasteiger charge is 2.46. The van der Waals surface area contributed by atoms with Crippen LogP contribution in [-0.4, -0.2) is 33.5 Å². The summed E-state index contributed by atoms with van der Waals surface area (Å²) in [5, 5.41) is 9.53. The van der Waals surface area contributed by atoms with Crippen LogP contribution in [0.3, 0.4) is 0 Å². The molecule has 0 aromatic heterocycles. The number of carbonyl (C=O) groups excluding carboxylic acids is 2. The van der Waals surface area contributed by atoms with Crippen molar-refractivity contribution >= 4 is 17.3 Å². The van der Waals surface area contributed by atoms with Crippen molar-refractivity contribution in [2.45, 2.75) is 38.8 Å². The van der Waals surface area contributed by atoms with Crippen LogP contribution >= 0.6 is 0 Å². The fourth-order valence-electron chi connectivity index (χ4n) is 1.18. The third-order valence-corrected chi connectivity index (χ3v) is 1.95. The number of ketones is 2. The smallest absolute Gasteiger partial charge is 0.247 e. The molecule has 4 nitrogen and oxygen atoms in total. The second-order valence-electron chi connectivity index (χ2n) is 4.24. The molecule has 0 aromatic rings. The lowest BCUT2D eigenvalue weighted by Gasteiger charge is -2.15. The highest BCUT2D eigenvalue weighted by Crippen LogP contribution is 2.23. The average molecular weight is 183 g/mol. The molecule has 0 aromatic carbocycles. The molecular weight excluding hydrogens is 170 g/mol. The molecule has 0 spiro atoms. The first-order chi connectivity index (χ1) is 5.66. The zero-order valence-corrected chi connectivity index (χ0v) is 8.21. The zero-order valence-electron chi connectivity index (χ0n) is 8.21. The summed E-state index contributed by atoms with van der Waals surface area (Å²) in [5.41, 5.74) is -2.38. The van der Waals surface area contributed by atoms with Gasteiger partial charge in [0.05, 0.1) is 0 Å². The Bertz CT molecular complexity index is 307. The van der Waals surface area contributed by atoms with E-state index < -0.39 is 22.7 Å². The number of aliphatic imine (C=N–C) groups is 1. The van der Waals surface area contributed by atoms with Crippen LogP contribution in [0.25, 0.3) is 0 Å². The Morgan fingerprint density at radius 2 is 1.77 bits per heavy atom. The fourth-order valence-corrected chi connectivity index (χ4v) is 1.18. The quantitative estimate of drug-likeness (QED) is 0.587. The standard InChI is InChI=1S/C9H13NO3/c1-8(2)7(12)5(11)6(10-8)9(3,4)13/h13H,1-4H3. The Morgan fingerprint density at radius 3 is 1.92 bits per heavy atom. The molecule has 4 heteroatoms. The minimum absolute atomic E-state index is 0.0394. The van der Waals surface area contributed by atoms with E-state index in [9.17, 15) is 14.7 Å². The number of Topliss-reactive ketones (excluding diaryl/α,β-unsaturated/α-hetero) is 2. The van der Waals surface area contributed by atoms with Gasteiger partial charge in [0, 0.05) is 0 Å². The number of carbonyl (C=O) groups is 2. The van der Waals surface area contributed by atoms with Gasteiger partial charge in [0.2, 0.25) is 11.6 Å². The predicted molar refractivity (Wildman–Crippen MR) is 47.8 cm³/mol. The number of rotatable bonds is 1. The molecule has 0 amide bonds. The summed E-state index contributed by atoms with van der Waals surface area (Å²) >= 11 is 0. The average Bonchev–Trinajstić information content (AvgIpc) is 2.12. The van der Waals surface area contributed by atoms with Gasteiger partial charge >= 0.3 is 0 Å². The predicted octanol–water partition coefficient (Wildman–Crippen LogP) is 0.129. The highest BCUT2D eigenvalue weighted by atomic mass is 16.3. The molecule has 1 aliphatic rings. The number of aliphatic hydroxyl groups is 1. The van der Waals surface area contributed by atoms with Crippen LogP contribution in [0.4, 0.5) is 0 Å². The molecule has 1 N–H and O–H groups in total. The number of hydrogen-bond donors (Lipinski definition) is 1. The molecule has 13 heavy (non-hydrogen) atoms. The van der Waals surface area contributed by atoms with E-state index in [4.69, 9.17) is 0 Å². The molecule has 0 aliphatic carbocycles. The first-order valence-corrected chi connectivity index (χ1v) is 4.08. The van der Waals surface area contributed by atoms with E-state index >= 15 is 0 Å². The highest BCUT2D eigenvalue weighted by molar-refractivity contribution is 6.70. The molecule has 0 bridgehead atoms. The van der Waals surface area contributed by atoms with E-state index in [1.165, 1.54) is 13.8 Å². The van der Waals surface area contributed by atoms with E-state index in [-0.39, 0.29) is 5.71 Å². The molecule has 0 fully saturated rings. The van der Waals surface area contributed by atoms with Crippen LogP contribution in [0, 0.1) is 0 Å². The van der Waals surface area contributed by atoms with Crippen molar-refractivity contribution in [1.82, 2.24) is 0 Å². The van der Waals surface area contributed by atoms with Crippen molar-refractivity contribution in [1.29, 1.82) is 0 Å². The van der Waals surface area contributed by atoms with E-state index in [0.717, 1.165) is 0 Å². The van der Waals surface area contributed by atoms with Gasteiger partial charge in [0.15, 0.2) is 0 Å². The second-order valence-corrected chi connectivity index (χ2v) is 4.24. The van der Waals surface area contributed by atoms with Crippen molar-refractivity contribution < 1.29 is 14.7 Å². The van der Waals surface area contributed by atoms with Crippen LogP contribution in [0.1, 0.15) is 27.7 Å². The van der Waals surface area contributed by atoms with E-state index in [0.29, 0.717) is 0 Å². The molecule has 1 heterocycles. The van der Waals surface area contributed by atoms with E-state index in [1.54, 1.807) is 13.8 Å². The van der Waals surface area contributed by atoms with Gasteiger partial charge < -0.3 is 5.11 Å². The summed E-state index contributed by atoms with van der Waals surface area (Å²) in [6.07, 6.45) is 0. The first-order valence-electron chi connectivity index (χ1n) is 4.08. The van der Waals surface area contributed by atoms with Crippen LogP contribution in [0.15, 0.2) is 4.99 Å². The molecule has 0 saturated carbocycles. The molecule has 0 saturated heterocycles. The van der Waals surface area contributed by atoms with Crippen LogP contribution in [0.2, 0.25) is 0 Å². The van der Waals surface area contributed by atoms with Gasteiger partial charge in [-0.25, -0.2) is 0 Å². The van der Waals surface area contributed by atoms with Gasteiger partial charge in [-0.05, 0) is 27.7 Å². The monoisotopic (exact) mass is 183 g/mol. The van der Waals surface area contributed by atoms with Crippen molar-refractivity contribution in [3.8, 4) is 0 Å². The van der Waals surface area contributed by atoms with Gasteiger partial charge in [0.25, 0.3) is 0 Å². The fraction of sp³-hybridized carbons (Fsp3) is 0.667. The summed E-state index contributed by atoms with van der Waals surface area (Å²) in [4.78, 5) is 26.6. The van der Waals surface area contributed by atoms with Gasteiger partial charge in [-0.2, -0.15) is 0 Å². The third kappa shape index (κ3) is 1.54. The van der Waals surface area contributed by atoms with Gasteiger partial charge in [-0.15, -0.1) is 0 Å². The zero-order chi connectivity index (χ0) is 10.4. The first kappa shape index (κ1) is 10.1. The molecule has 1 rings (SSSR count). The molecular formula is C9H13NO3. The normalized spacial score (nSPS) is 22.1. The second kappa shape index (κ2) is 2.48. The Labute approximate surface area is 76.7 Å². The largest absolute Gasteiger partial charge is 0.384 e. The van der Waals surface area contributed by atoms with Crippen LogP contribution in [0.5, 0.6) is 0 Å².